The van der Waals surface area contributed by atoms with Gasteiger partial charge in [-0.05, 0) is 41.9 Å². The molecule has 98 valence electrons. The second-order valence-electron chi connectivity index (χ2n) is 7.85. The van der Waals surface area contributed by atoms with Gasteiger partial charge >= 0.3 is 0 Å². The molecule has 1 aliphatic rings. The van der Waals surface area contributed by atoms with E-state index in [1.54, 1.807) is 5.57 Å². The lowest BCUT2D eigenvalue weighted by Crippen LogP contribution is -2.23. The molecule has 0 heteroatoms. The van der Waals surface area contributed by atoms with E-state index in [2.05, 4.69) is 67.2 Å². The van der Waals surface area contributed by atoms with Crippen LogP contribution in [0, 0.1) is 22.2 Å². The second-order valence-corrected chi connectivity index (χ2v) is 7.85. The lowest BCUT2D eigenvalue weighted by molar-refractivity contribution is 0.251. The molecular formula is C17H30. The molecule has 1 fully saturated rings. The molecule has 0 amide bonds. The van der Waals surface area contributed by atoms with Crippen molar-refractivity contribution in [3.63, 3.8) is 0 Å². The van der Waals surface area contributed by atoms with Crippen LogP contribution < -0.4 is 0 Å². The maximum atomic E-state index is 4.10. The summed E-state index contributed by atoms with van der Waals surface area (Å²) in [6, 6.07) is 0. The van der Waals surface area contributed by atoms with Gasteiger partial charge in [0.1, 0.15) is 0 Å². The Morgan fingerprint density at radius 2 is 1.76 bits per heavy atom. The lowest BCUT2D eigenvalue weighted by Gasteiger charge is -2.31. The van der Waals surface area contributed by atoms with Crippen LogP contribution in [-0.2, 0) is 0 Å². The summed E-state index contributed by atoms with van der Waals surface area (Å²) in [4.78, 5) is 0. The van der Waals surface area contributed by atoms with E-state index in [0.717, 1.165) is 5.92 Å². The van der Waals surface area contributed by atoms with Gasteiger partial charge in [0.2, 0.25) is 0 Å². The first-order valence-corrected chi connectivity index (χ1v) is 6.86. The normalized spacial score (nSPS) is 30.3. The predicted octanol–water partition coefficient (Wildman–Crippen LogP) is 5.61. The monoisotopic (exact) mass is 234 g/mol. The zero-order valence-electron chi connectivity index (χ0n) is 12.9. The summed E-state index contributed by atoms with van der Waals surface area (Å²) in [6.07, 6.45) is 7.05. The zero-order valence-corrected chi connectivity index (χ0v) is 12.9. The molecule has 2 atom stereocenters. The van der Waals surface area contributed by atoms with E-state index in [1.165, 1.54) is 12.8 Å². The van der Waals surface area contributed by atoms with Crippen LogP contribution in [0.3, 0.4) is 0 Å². The molecule has 0 spiro atoms. The molecule has 0 aromatic rings. The molecule has 0 radical (unpaired) electrons. The van der Waals surface area contributed by atoms with Gasteiger partial charge in [-0.25, -0.2) is 0 Å². The first-order valence-electron chi connectivity index (χ1n) is 6.86. The van der Waals surface area contributed by atoms with Crippen molar-refractivity contribution in [2.75, 3.05) is 0 Å². The fourth-order valence-electron chi connectivity index (χ4n) is 3.14. The third-order valence-corrected chi connectivity index (χ3v) is 4.32. The van der Waals surface area contributed by atoms with E-state index in [-0.39, 0.29) is 0 Å². The molecule has 1 rings (SSSR count). The molecule has 0 N–H and O–H groups in total. The lowest BCUT2D eigenvalue weighted by atomic mass is 9.73. The van der Waals surface area contributed by atoms with Crippen molar-refractivity contribution in [3.8, 4) is 0 Å². The molecule has 0 saturated heterocycles. The Morgan fingerprint density at radius 1 is 1.24 bits per heavy atom. The van der Waals surface area contributed by atoms with Gasteiger partial charge < -0.3 is 0 Å². The van der Waals surface area contributed by atoms with Crippen LogP contribution in [-0.4, -0.2) is 0 Å². The van der Waals surface area contributed by atoms with E-state index in [0.29, 0.717) is 16.2 Å². The van der Waals surface area contributed by atoms with Gasteiger partial charge in [-0.15, -0.1) is 6.58 Å². The van der Waals surface area contributed by atoms with Gasteiger partial charge in [-0.3, -0.25) is 0 Å². The maximum absolute atomic E-state index is 4.10. The average molecular weight is 234 g/mol. The molecule has 1 aliphatic carbocycles. The molecule has 0 bridgehead atoms. The summed E-state index contributed by atoms with van der Waals surface area (Å²) in [5.74, 6) is 0.726. The molecule has 0 heterocycles. The van der Waals surface area contributed by atoms with Crippen LogP contribution in [0.15, 0.2) is 24.3 Å². The van der Waals surface area contributed by atoms with Crippen LogP contribution >= 0.6 is 0 Å². The average Bonchev–Trinajstić information content (AvgIpc) is 2.87. The summed E-state index contributed by atoms with van der Waals surface area (Å²) in [6.45, 7) is 20.3. The Labute approximate surface area is 108 Å². The number of hydrogen-bond acceptors (Lipinski definition) is 0. The fourth-order valence-corrected chi connectivity index (χ4v) is 3.14. The van der Waals surface area contributed by atoms with Crippen LogP contribution in [0.1, 0.15) is 61.3 Å². The van der Waals surface area contributed by atoms with Crippen molar-refractivity contribution in [2.24, 2.45) is 22.2 Å². The maximum Gasteiger partial charge on any atom is -0.0000725 e. The van der Waals surface area contributed by atoms with E-state index in [4.69, 9.17) is 0 Å². The minimum atomic E-state index is 0.325. The molecule has 17 heavy (non-hydrogen) atoms. The standard InChI is InChI=1S/C17H30/c1-9-13(11-15(3,4)5)14-12-17(14,10-2)16(6,7)8/h9-10,14H,2,11-12H2,1,3-8H3/b13-9-. The SMILES string of the molecule is C=CC1(C(C)(C)C)CC1/C(=C\C)CC(C)(C)C. The Balaban J connectivity index is 2.88. The minimum absolute atomic E-state index is 0.325. The van der Waals surface area contributed by atoms with Gasteiger partial charge in [0, 0.05) is 0 Å². The number of hydrogen-bond donors (Lipinski definition) is 0. The fraction of sp³-hybridized carbons (Fsp3) is 0.765. The van der Waals surface area contributed by atoms with E-state index < -0.39 is 0 Å². The smallest absolute Gasteiger partial charge is 0.0000725 e. The minimum Gasteiger partial charge on any atom is -0.102 e. The quantitative estimate of drug-likeness (QED) is 0.557. The summed E-state index contributed by atoms with van der Waals surface area (Å²) in [5.41, 5.74) is 2.67. The Hall–Kier alpha value is -0.520. The van der Waals surface area contributed by atoms with Crippen LogP contribution in [0.2, 0.25) is 0 Å². The van der Waals surface area contributed by atoms with Crippen molar-refractivity contribution >= 4 is 0 Å². The molecule has 1 saturated carbocycles. The summed E-state index contributed by atoms with van der Waals surface area (Å²) < 4.78 is 0. The molecule has 2 unspecified atom stereocenters. The highest BCUT2D eigenvalue weighted by atomic mass is 14.6. The largest absolute Gasteiger partial charge is 0.102 e. The van der Waals surface area contributed by atoms with Crippen molar-refractivity contribution < 1.29 is 0 Å². The number of rotatable bonds is 3. The second kappa shape index (κ2) is 4.30. The van der Waals surface area contributed by atoms with Gasteiger partial charge in [-0.1, -0.05) is 59.3 Å². The van der Waals surface area contributed by atoms with Crippen LogP contribution in [0.5, 0.6) is 0 Å². The highest BCUT2D eigenvalue weighted by molar-refractivity contribution is 5.29. The van der Waals surface area contributed by atoms with E-state index in [1.807, 2.05) is 0 Å². The van der Waals surface area contributed by atoms with Crippen LogP contribution in [0.25, 0.3) is 0 Å². The van der Waals surface area contributed by atoms with Crippen LogP contribution in [0.4, 0.5) is 0 Å². The van der Waals surface area contributed by atoms with Crippen molar-refractivity contribution in [1.82, 2.24) is 0 Å². The first-order chi connectivity index (χ1) is 7.57. The van der Waals surface area contributed by atoms with E-state index in [9.17, 15) is 0 Å². The molecular weight excluding hydrogens is 204 g/mol. The van der Waals surface area contributed by atoms with E-state index >= 15 is 0 Å². The topological polar surface area (TPSA) is 0 Å². The molecule has 0 aromatic carbocycles. The Bertz CT molecular complexity index is 319. The summed E-state index contributed by atoms with van der Waals surface area (Å²) >= 11 is 0. The Morgan fingerprint density at radius 3 is 2.00 bits per heavy atom. The van der Waals surface area contributed by atoms with Gasteiger partial charge in [0.25, 0.3) is 0 Å². The van der Waals surface area contributed by atoms with Crippen molar-refractivity contribution in [2.45, 2.75) is 61.3 Å². The predicted molar refractivity (Wildman–Crippen MR) is 78.0 cm³/mol. The Kier molecular flexibility index (Phi) is 3.68. The van der Waals surface area contributed by atoms with Gasteiger partial charge in [-0.2, -0.15) is 0 Å². The third kappa shape index (κ3) is 2.84. The molecule has 0 nitrogen and oxygen atoms in total. The molecule has 0 aromatic heterocycles. The zero-order chi connectivity index (χ0) is 13.5. The first kappa shape index (κ1) is 14.5. The molecule has 0 aliphatic heterocycles. The highest BCUT2D eigenvalue weighted by Gasteiger charge is 2.59. The van der Waals surface area contributed by atoms with Gasteiger partial charge in [0.15, 0.2) is 0 Å². The van der Waals surface area contributed by atoms with Gasteiger partial charge in [0.05, 0.1) is 0 Å². The highest BCUT2D eigenvalue weighted by Crippen LogP contribution is 2.67. The summed E-state index contributed by atoms with van der Waals surface area (Å²) in [5, 5.41) is 0. The van der Waals surface area contributed by atoms with Crippen molar-refractivity contribution in [3.05, 3.63) is 24.3 Å². The number of allylic oxidation sites excluding steroid dienone is 3. The van der Waals surface area contributed by atoms with Crippen molar-refractivity contribution in [1.29, 1.82) is 0 Å². The summed E-state index contributed by atoms with van der Waals surface area (Å²) in [7, 11) is 0. The third-order valence-electron chi connectivity index (χ3n) is 4.32.